The SMILES string of the molecule is COC(=O)c1ccc(NC(=O)N2CCC[C@H]2c2nnc(C(=O)Nc3ccc(Cl)cc3)s2)cc1. The first kappa shape index (κ1) is 22.7. The van der Waals surface area contributed by atoms with Crippen LogP contribution in [0.25, 0.3) is 0 Å². The number of rotatable bonds is 5. The Morgan fingerprint density at radius 2 is 1.70 bits per heavy atom. The third-order valence-electron chi connectivity index (χ3n) is 5.09. The molecule has 1 saturated heterocycles. The van der Waals surface area contributed by atoms with Crippen molar-refractivity contribution in [3.8, 4) is 0 Å². The Morgan fingerprint density at radius 1 is 1.03 bits per heavy atom. The molecule has 0 saturated carbocycles. The molecule has 0 aliphatic carbocycles. The molecule has 0 unspecified atom stereocenters. The van der Waals surface area contributed by atoms with E-state index in [1.54, 1.807) is 53.4 Å². The molecule has 2 heterocycles. The molecule has 1 aliphatic heterocycles. The van der Waals surface area contributed by atoms with Crippen molar-refractivity contribution in [2.45, 2.75) is 18.9 Å². The van der Waals surface area contributed by atoms with Crippen LogP contribution in [0.3, 0.4) is 0 Å². The van der Waals surface area contributed by atoms with E-state index in [0.29, 0.717) is 33.5 Å². The molecule has 0 radical (unpaired) electrons. The number of halogens is 1. The van der Waals surface area contributed by atoms with Crippen molar-refractivity contribution in [1.29, 1.82) is 0 Å². The topological polar surface area (TPSA) is 114 Å². The summed E-state index contributed by atoms with van der Waals surface area (Å²) in [5.41, 5.74) is 1.55. The number of anilines is 2. The van der Waals surface area contributed by atoms with E-state index in [-0.39, 0.29) is 23.0 Å². The van der Waals surface area contributed by atoms with E-state index < -0.39 is 5.97 Å². The lowest BCUT2D eigenvalue weighted by Crippen LogP contribution is -2.34. The number of likely N-dealkylation sites (tertiary alicyclic amines) is 1. The highest BCUT2D eigenvalue weighted by Gasteiger charge is 2.33. The molecule has 4 rings (SSSR count). The van der Waals surface area contributed by atoms with E-state index >= 15 is 0 Å². The number of ether oxygens (including phenoxy) is 1. The van der Waals surface area contributed by atoms with Crippen LogP contribution in [0.15, 0.2) is 48.5 Å². The number of benzene rings is 2. The van der Waals surface area contributed by atoms with Crippen molar-refractivity contribution in [2.24, 2.45) is 0 Å². The van der Waals surface area contributed by atoms with Gasteiger partial charge in [-0.15, -0.1) is 10.2 Å². The van der Waals surface area contributed by atoms with Gasteiger partial charge in [-0.3, -0.25) is 4.79 Å². The Morgan fingerprint density at radius 3 is 2.39 bits per heavy atom. The minimum absolute atomic E-state index is 0.214. The minimum Gasteiger partial charge on any atom is -0.465 e. The molecule has 33 heavy (non-hydrogen) atoms. The molecule has 1 fully saturated rings. The number of methoxy groups -OCH3 is 1. The van der Waals surface area contributed by atoms with Crippen LogP contribution in [-0.2, 0) is 4.74 Å². The molecular formula is C22H20ClN5O4S. The number of nitrogens with zero attached hydrogens (tertiary/aromatic N) is 3. The highest BCUT2D eigenvalue weighted by Crippen LogP contribution is 2.34. The van der Waals surface area contributed by atoms with Gasteiger partial charge in [0.2, 0.25) is 5.01 Å². The van der Waals surface area contributed by atoms with Gasteiger partial charge in [-0.2, -0.15) is 0 Å². The van der Waals surface area contributed by atoms with Crippen molar-refractivity contribution >= 4 is 52.2 Å². The first-order valence-corrected chi connectivity index (χ1v) is 11.3. The number of amides is 3. The summed E-state index contributed by atoms with van der Waals surface area (Å²) < 4.78 is 4.68. The molecule has 9 nitrogen and oxygen atoms in total. The zero-order valence-electron chi connectivity index (χ0n) is 17.6. The zero-order valence-corrected chi connectivity index (χ0v) is 19.2. The number of carbonyl (C=O) groups excluding carboxylic acids is 3. The van der Waals surface area contributed by atoms with Gasteiger partial charge in [0.15, 0.2) is 0 Å². The summed E-state index contributed by atoms with van der Waals surface area (Å²) in [5.74, 6) is -0.819. The molecule has 2 aromatic carbocycles. The fraction of sp³-hybridized carbons (Fsp3) is 0.227. The molecule has 1 aromatic heterocycles. The predicted molar refractivity (Wildman–Crippen MR) is 125 cm³/mol. The fourth-order valence-electron chi connectivity index (χ4n) is 3.45. The fourth-order valence-corrected chi connectivity index (χ4v) is 4.46. The Labute approximate surface area is 198 Å². The maximum Gasteiger partial charge on any atom is 0.337 e. The van der Waals surface area contributed by atoms with E-state index in [9.17, 15) is 14.4 Å². The number of hydrogen-bond acceptors (Lipinski definition) is 7. The third-order valence-corrected chi connectivity index (χ3v) is 6.37. The van der Waals surface area contributed by atoms with Crippen molar-refractivity contribution in [1.82, 2.24) is 15.1 Å². The molecule has 1 atom stereocenters. The lowest BCUT2D eigenvalue weighted by atomic mass is 10.2. The molecule has 2 N–H and O–H groups in total. The van der Waals surface area contributed by atoms with Crippen LogP contribution < -0.4 is 10.6 Å². The molecule has 3 amide bonds. The van der Waals surface area contributed by atoms with Gasteiger partial charge in [-0.05, 0) is 61.4 Å². The lowest BCUT2D eigenvalue weighted by Gasteiger charge is -2.23. The smallest absolute Gasteiger partial charge is 0.337 e. The minimum atomic E-state index is -0.445. The summed E-state index contributed by atoms with van der Waals surface area (Å²) in [6, 6.07) is 12.6. The highest BCUT2D eigenvalue weighted by molar-refractivity contribution is 7.13. The van der Waals surface area contributed by atoms with E-state index in [1.807, 2.05) is 0 Å². The summed E-state index contributed by atoms with van der Waals surface area (Å²) in [4.78, 5) is 38.6. The number of aromatic nitrogens is 2. The maximum absolute atomic E-state index is 12.9. The normalized spacial score (nSPS) is 15.2. The maximum atomic E-state index is 12.9. The van der Waals surface area contributed by atoms with Crippen molar-refractivity contribution in [3.63, 3.8) is 0 Å². The van der Waals surface area contributed by atoms with Gasteiger partial charge < -0.3 is 20.3 Å². The quantitative estimate of drug-likeness (QED) is 0.510. The Balaban J connectivity index is 1.41. The van der Waals surface area contributed by atoms with Crippen LogP contribution in [-0.4, -0.2) is 46.7 Å². The molecule has 170 valence electrons. The number of hydrogen-bond donors (Lipinski definition) is 2. The molecule has 0 bridgehead atoms. The highest BCUT2D eigenvalue weighted by atomic mass is 35.5. The number of urea groups is 1. The van der Waals surface area contributed by atoms with Crippen LogP contribution in [0.5, 0.6) is 0 Å². The summed E-state index contributed by atoms with van der Waals surface area (Å²) >= 11 is 7.03. The van der Waals surface area contributed by atoms with Gasteiger partial charge in [0.25, 0.3) is 5.91 Å². The third kappa shape index (κ3) is 5.29. The average Bonchev–Trinajstić information content (AvgIpc) is 3.50. The van der Waals surface area contributed by atoms with E-state index in [0.717, 1.165) is 24.2 Å². The monoisotopic (exact) mass is 485 g/mol. The van der Waals surface area contributed by atoms with Gasteiger partial charge in [0.1, 0.15) is 5.01 Å². The summed E-state index contributed by atoms with van der Waals surface area (Å²) in [7, 11) is 1.31. The van der Waals surface area contributed by atoms with Crippen LogP contribution in [0, 0.1) is 0 Å². The Kier molecular flexibility index (Phi) is 6.85. The number of nitrogens with one attached hydrogen (secondary N) is 2. The van der Waals surface area contributed by atoms with Crippen LogP contribution in [0.4, 0.5) is 16.2 Å². The van der Waals surface area contributed by atoms with E-state index in [4.69, 9.17) is 11.6 Å². The Hall–Kier alpha value is -3.50. The van der Waals surface area contributed by atoms with Crippen molar-refractivity contribution in [3.05, 3.63) is 69.1 Å². The second-order valence-electron chi connectivity index (χ2n) is 7.26. The first-order chi connectivity index (χ1) is 15.9. The average molecular weight is 486 g/mol. The summed E-state index contributed by atoms with van der Waals surface area (Å²) in [6.07, 6.45) is 1.54. The standard InChI is InChI=1S/C22H20ClN5O4S/c1-32-21(30)13-4-8-16(9-5-13)25-22(31)28-12-2-3-17(28)19-26-27-20(33-19)18(29)24-15-10-6-14(23)7-11-15/h4-11,17H,2-3,12H2,1H3,(H,24,29)(H,25,31)/t17-/m0/s1. The predicted octanol–water partition coefficient (Wildman–Crippen LogP) is 4.60. The van der Waals surface area contributed by atoms with E-state index in [2.05, 4.69) is 25.6 Å². The zero-order chi connectivity index (χ0) is 23.4. The second-order valence-corrected chi connectivity index (χ2v) is 8.70. The van der Waals surface area contributed by atoms with Crippen molar-refractivity contribution in [2.75, 3.05) is 24.3 Å². The van der Waals surface area contributed by atoms with Gasteiger partial charge >= 0.3 is 12.0 Å². The second kappa shape index (κ2) is 9.97. The van der Waals surface area contributed by atoms with Gasteiger partial charge in [0.05, 0.1) is 18.7 Å². The molecule has 3 aromatic rings. The lowest BCUT2D eigenvalue weighted by molar-refractivity contribution is 0.0600. The first-order valence-electron chi connectivity index (χ1n) is 10.1. The van der Waals surface area contributed by atoms with Crippen LogP contribution in [0.2, 0.25) is 5.02 Å². The van der Waals surface area contributed by atoms with Gasteiger partial charge in [-0.1, -0.05) is 22.9 Å². The molecular weight excluding hydrogens is 466 g/mol. The number of esters is 1. The van der Waals surface area contributed by atoms with Crippen LogP contribution in [0.1, 0.15) is 44.1 Å². The summed E-state index contributed by atoms with van der Waals surface area (Å²) in [5, 5.41) is 15.2. The van der Waals surface area contributed by atoms with E-state index in [1.165, 1.54) is 7.11 Å². The molecule has 1 aliphatic rings. The van der Waals surface area contributed by atoms with Gasteiger partial charge in [0, 0.05) is 22.9 Å². The van der Waals surface area contributed by atoms with Gasteiger partial charge in [-0.25, -0.2) is 9.59 Å². The van der Waals surface area contributed by atoms with Crippen molar-refractivity contribution < 1.29 is 19.1 Å². The summed E-state index contributed by atoms with van der Waals surface area (Å²) in [6.45, 7) is 0.558. The van der Waals surface area contributed by atoms with Crippen LogP contribution >= 0.6 is 22.9 Å². The molecule has 0 spiro atoms. The Bertz CT molecular complexity index is 1170. The number of carbonyl (C=O) groups is 3. The largest absolute Gasteiger partial charge is 0.465 e. The molecule has 11 heteroatoms.